The number of sulfonamides is 1. The maximum atomic E-state index is 13.0. The van der Waals surface area contributed by atoms with Crippen molar-refractivity contribution >= 4 is 27.3 Å². The van der Waals surface area contributed by atoms with E-state index in [1.807, 2.05) is 0 Å². The number of hydrogen-bond donors (Lipinski definition) is 2. The predicted octanol–water partition coefficient (Wildman–Crippen LogP) is 3.18. The molecule has 32 heavy (non-hydrogen) atoms. The second-order valence-corrected chi connectivity index (χ2v) is 8.62. The van der Waals surface area contributed by atoms with Crippen molar-refractivity contribution in [1.82, 2.24) is 9.78 Å². The molecule has 2 aromatic carbocycles. The molecular weight excluding hydrogens is 449 g/mol. The Labute approximate surface area is 180 Å². The number of aryl methyl sites for hydroxylation is 1. The molecule has 3 aromatic rings. The molecule has 0 aliphatic rings. The number of halogens is 3. The van der Waals surface area contributed by atoms with Crippen LogP contribution in [0, 0.1) is 6.92 Å². The summed E-state index contributed by atoms with van der Waals surface area (Å²) >= 11 is 0. The van der Waals surface area contributed by atoms with Crippen LogP contribution in [0.25, 0.3) is 5.69 Å². The molecule has 1 amide bonds. The van der Waals surface area contributed by atoms with Crippen LogP contribution in [0.1, 0.15) is 21.7 Å². The fourth-order valence-electron chi connectivity index (χ4n) is 2.84. The molecular formula is C20H17F3N4O4S. The first-order valence-corrected chi connectivity index (χ1v) is 10.9. The summed E-state index contributed by atoms with van der Waals surface area (Å²) in [7, 11) is -3.54. The van der Waals surface area contributed by atoms with Gasteiger partial charge in [-0.1, -0.05) is 12.1 Å². The van der Waals surface area contributed by atoms with Crippen LogP contribution >= 0.6 is 0 Å². The molecule has 0 saturated heterocycles. The van der Waals surface area contributed by atoms with Crippen molar-refractivity contribution in [2.45, 2.75) is 13.1 Å². The van der Waals surface area contributed by atoms with Gasteiger partial charge >= 0.3 is 6.18 Å². The van der Waals surface area contributed by atoms with Gasteiger partial charge in [0.2, 0.25) is 15.5 Å². The van der Waals surface area contributed by atoms with Gasteiger partial charge in [-0.3, -0.25) is 14.3 Å². The van der Waals surface area contributed by atoms with Gasteiger partial charge in [0.05, 0.1) is 23.2 Å². The lowest BCUT2D eigenvalue weighted by Gasteiger charge is -2.14. The van der Waals surface area contributed by atoms with Gasteiger partial charge in [0, 0.05) is 17.4 Å². The lowest BCUT2D eigenvalue weighted by atomic mass is 10.2. The zero-order chi connectivity index (χ0) is 23.7. The summed E-state index contributed by atoms with van der Waals surface area (Å²) in [5.74, 6) is -0.910. The number of anilines is 2. The van der Waals surface area contributed by atoms with E-state index in [0.717, 1.165) is 29.1 Å². The first-order valence-electron chi connectivity index (χ1n) is 9.01. The highest BCUT2D eigenvalue weighted by atomic mass is 32.2. The first-order chi connectivity index (χ1) is 14.8. The van der Waals surface area contributed by atoms with Crippen molar-refractivity contribution < 1.29 is 26.4 Å². The van der Waals surface area contributed by atoms with E-state index >= 15 is 0 Å². The minimum absolute atomic E-state index is 0.0192. The number of rotatable bonds is 5. The molecule has 0 aliphatic heterocycles. The van der Waals surface area contributed by atoms with Crippen LogP contribution in [0.5, 0.6) is 0 Å². The lowest BCUT2D eigenvalue weighted by Crippen LogP contribution is -2.27. The quantitative estimate of drug-likeness (QED) is 0.600. The second kappa shape index (κ2) is 8.46. The fraction of sp³-hybridized carbons (Fsp3) is 0.150. The molecule has 2 N–H and O–H groups in total. The number of alkyl halides is 3. The van der Waals surface area contributed by atoms with E-state index in [1.165, 1.54) is 43.3 Å². The van der Waals surface area contributed by atoms with Crippen LogP contribution in [0.4, 0.5) is 24.5 Å². The Balaban J connectivity index is 1.95. The van der Waals surface area contributed by atoms with Crippen LogP contribution in [-0.2, 0) is 16.2 Å². The van der Waals surface area contributed by atoms with E-state index in [4.69, 9.17) is 0 Å². The standard InChI is InChI=1S/C20H17F3N4O4S/c1-12-9-17(28)18(25-27(12)16-8-3-5-13(10-16)20(21,22)23)19(29)24-14-6-4-7-15(11-14)26-32(2,30)31/h3-11,26H,1-2H3,(H,24,29). The zero-order valence-corrected chi connectivity index (χ0v) is 17.6. The average molecular weight is 466 g/mol. The molecule has 0 saturated carbocycles. The molecule has 0 atom stereocenters. The van der Waals surface area contributed by atoms with Gasteiger partial charge in [0.15, 0.2) is 5.69 Å². The molecule has 0 aliphatic carbocycles. The van der Waals surface area contributed by atoms with Gasteiger partial charge in [-0.15, -0.1) is 0 Å². The van der Waals surface area contributed by atoms with Crippen LogP contribution in [0.3, 0.4) is 0 Å². The predicted molar refractivity (Wildman–Crippen MR) is 112 cm³/mol. The summed E-state index contributed by atoms with van der Waals surface area (Å²) in [4.78, 5) is 25.0. The Morgan fingerprint density at radius 2 is 1.69 bits per heavy atom. The number of nitrogens with one attached hydrogen (secondary N) is 2. The largest absolute Gasteiger partial charge is 0.416 e. The highest BCUT2D eigenvalue weighted by Crippen LogP contribution is 2.30. The summed E-state index contributed by atoms with van der Waals surface area (Å²) < 4.78 is 65.2. The van der Waals surface area contributed by atoms with Crippen LogP contribution in [-0.4, -0.2) is 30.4 Å². The molecule has 168 valence electrons. The van der Waals surface area contributed by atoms with E-state index in [1.54, 1.807) is 0 Å². The molecule has 0 bridgehead atoms. The third kappa shape index (κ3) is 5.52. The molecule has 0 radical (unpaired) electrons. The third-order valence-corrected chi connectivity index (χ3v) is 4.77. The zero-order valence-electron chi connectivity index (χ0n) is 16.8. The van der Waals surface area contributed by atoms with E-state index in [-0.39, 0.29) is 22.8 Å². The van der Waals surface area contributed by atoms with E-state index < -0.39 is 38.8 Å². The second-order valence-electron chi connectivity index (χ2n) is 6.87. The molecule has 1 heterocycles. The molecule has 12 heteroatoms. The lowest BCUT2D eigenvalue weighted by molar-refractivity contribution is -0.137. The van der Waals surface area contributed by atoms with Crippen molar-refractivity contribution in [1.29, 1.82) is 0 Å². The van der Waals surface area contributed by atoms with Crippen molar-refractivity contribution in [2.75, 3.05) is 16.3 Å². The van der Waals surface area contributed by atoms with Crippen molar-refractivity contribution in [3.63, 3.8) is 0 Å². The van der Waals surface area contributed by atoms with Crippen molar-refractivity contribution in [3.8, 4) is 5.69 Å². The van der Waals surface area contributed by atoms with E-state index in [0.29, 0.717) is 0 Å². The van der Waals surface area contributed by atoms with Crippen LogP contribution < -0.4 is 15.5 Å². The Bertz CT molecular complexity index is 1350. The Kier molecular flexibility index (Phi) is 6.08. The highest BCUT2D eigenvalue weighted by Gasteiger charge is 2.30. The van der Waals surface area contributed by atoms with E-state index in [2.05, 4.69) is 15.1 Å². The maximum absolute atomic E-state index is 13.0. The van der Waals surface area contributed by atoms with Crippen molar-refractivity contribution in [2.24, 2.45) is 0 Å². The monoisotopic (exact) mass is 466 g/mol. The molecule has 1 aromatic heterocycles. The van der Waals surface area contributed by atoms with Gasteiger partial charge < -0.3 is 5.32 Å². The third-order valence-electron chi connectivity index (χ3n) is 4.16. The van der Waals surface area contributed by atoms with Crippen molar-refractivity contribution in [3.05, 3.63) is 81.8 Å². The van der Waals surface area contributed by atoms with Gasteiger partial charge in [-0.2, -0.15) is 18.3 Å². The van der Waals surface area contributed by atoms with Crippen LogP contribution in [0.2, 0.25) is 0 Å². The molecule has 8 nitrogen and oxygen atoms in total. The Morgan fingerprint density at radius 3 is 2.34 bits per heavy atom. The Hall–Kier alpha value is -3.67. The first kappa shape index (κ1) is 23.0. The van der Waals surface area contributed by atoms with Crippen LogP contribution in [0.15, 0.2) is 59.4 Å². The number of aromatic nitrogens is 2. The number of hydrogen-bond acceptors (Lipinski definition) is 5. The molecule has 0 fully saturated rings. The summed E-state index contributed by atoms with van der Waals surface area (Å²) in [5.41, 5.74) is -1.57. The number of benzene rings is 2. The minimum atomic E-state index is -4.58. The number of carbonyl (C=O) groups excluding carboxylic acids is 1. The van der Waals surface area contributed by atoms with Gasteiger partial charge in [0.25, 0.3) is 5.91 Å². The van der Waals surface area contributed by atoms with Gasteiger partial charge in [-0.25, -0.2) is 13.1 Å². The molecule has 0 spiro atoms. The Morgan fingerprint density at radius 1 is 1.03 bits per heavy atom. The summed E-state index contributed by atoms with van der Waals surface area (Å²) in [6.45, 7) is 1.47. The van der Waals surface area contributed by atoms with Gasteiger partial charge in [-0.05, 0) is 43.3 Å². The number of amides is 1. The normalized spacial score (nSPS) is 11.8. The molecule has 0 unspecified atom stereocenters. The smallest absolute Gasteiger partial charge is 0.320 e. The summed E-state index contributed by atoms with van der Waals surface area (Å²) in [5, 5.41) is 6.39. The topological polar surface area (TPSA) is 110 Å². The molecule has 3 rings (SSSR count). The highest BCUT2D eigenvalue weighted by molar-refractivity contribution is 7.92. The minimum Gasteiger partial charge on any atom is -0.320 e. The van der Waals surface area contributed by atoms with E-state index in [9.17, 15) is 31.2 Å². The number of carbonyl (C=O) groups is 1. The van der Waals surface area contributed by atoms with Gasteiger partial charge in [0.1, 0.15) is 0 Å². The maximum Gasteiger partial charge on any atom is 0.416 e. The SMILES string of the molecule is Cc1cc(=O)c(C(=O)Nc2cccc(NS(C)(=O)=O)c2)nn1-c1cccc(C(F)(F)F)c1. The fourth-order valence-corrected chi connectivity index (χ4v) is 3.40. The summed E-state index contributed by atoms with van der Waals surface area (Å²) in [6.07, 6.45) is -3.61. The average Bonchev–Trinajstić information content (AvgIpc) is 2.66. The summed E-state index contributed by atoms with van der Waals surface area (Å²) in [6, 6.07) is 11.1. The number of nitrogens with zero attached hydrogens (tertiary/aromatic N) is 2.